The fourth-order valence-corrected chi connectivity index (χ4v) is 3.28. The van der Waals surface area contributed by atoms with Crippen LogP contribution in [0.1, 0.15) is 12.8 Å². The summed E-state index contributed by atoms with van der Waals surface area (Å²) < 4.78 is 5.10. The summed E-state index contributed by atoms with van der Waals surface area (Å²) in [6, 6.07) is 7.59. The molecule has 7 nitrogen and oxygen atoms in total. The van der Waals surface area contributed by atoms with Crippen LogP contribution >= 0.6 is 0 Å². The van der Waals surface area contributed by atoms with Gasteiger partial charge in [0.25, 0.3) is 0 Å². The molecule has 0 radical (unpaired) electrons. The number of nitrogens with one attached hydrogen (secondary N) is 1. The number of hydrogen-bond donors (Lipinski definition) is 2. The molecule has 24 heavy (non-hydrogen) atoms. The number of rotatable bonds is 4. The Morgan fingerprint density at radius 3 is 2.33 bits per heavy atom. The van der Waals surface area contributed by atoms with E-state index >= 15 is 0 Å². The number of nitrogens with zero attached hydrogens (tertiary/aromatic N) is 2. The van der Waals surface area contributed by atoms with E-state index in [1.165, 1.54) is 0 Å². The van der Waals surface area contributed by atoms with Crippen molar-refractivity contribution in [3.8, 4) is 5.75 Å². The second kappa shape index (κ2) is 7.09. The zero-order chi connectivity index (χ0) is 17.1. The second-order valence-electron chi connectivity index (χ2n) is 6.43. The number of nitrogens with two attached hydrogens (primary N) is 1. The van der Waals surface area contributed by atoms with Crippen molar-refractivity contribution in [2.24, 2.45) is 11.7 Å². The highest BCUT2D eigenvalue weighted by atomic mass is 16.5. The molecule has 130 valence electrons. The third-order valence-electron chi connectivity index (χ3n) is 4.94. The lowest BCUT2D eigenvalue weighted by Gasteiger charge is -2.47. The highest BCUT2D eigenvalue weighted by Crippen LogP contribution is 2.24. The average Bonchev–Trinajstić information content (AvgIpc) is 2.54. The summed E-state index contributed by atoms with van der Waals surface area (Å²) in [5.74, 6) is 0.580. The van der Waals surface area contributed by atoms with E-state index in [0.29, 0.717) is 6.04 Å². The molecule has 3 rings (SSSR count). The third-order valence-corrected chi connectivity index (χ3v) is 4.94. The number of likely N-dealkylation sites (tertiary alicyclic amines) is 2. The van der Waals surface area contributed by atoms with Crippen LogP contribution in [0.4, 0.5) is 10.5 Å². The lowest BCUT2D eigenvalue weighted by atomic mass is 9.94. The fourth-order valence-electron chi connectivity index (χ4n) is 3.28. The van der Waals surface area contributed by atoms with Crippen LogP contribution in [0.25, 0.3) is 0 Å². The predicted molar refractivity (Wildman–Crippen MR) is 90.9 cm³/mol. The van der Waals surface area contributed by atoms with Gasteiger partial charge in [-0.05, 0) is 50.2 Å². The molecule has 3 N–H and O–H groups in total. The Morgan fingerprint density at radius 1 is 1.17 bits per heavy atom. The van der Waals surface area contributed by atoms with Crippen molar-refractivity contribution in [1.29, 1.82) is 0 Å². The van der Waals surface area contributed by atoms with Gasteiger partial charge < -0.3 is 20.7 Å². The number of hydrogen-bond acceptors (Lipinski definition) is 4. The Balaban J connectivity index is 1.43. The monoisotopic (exact) mass is 332 g/mol. The molecule has 2 aliphatic heterocycles. The van der Waals surface area contributed by atoms with Crippen LogP contribution in [-0.2, 0) is 4.79 Å². The minimum absolute atomic E-state index is 0.0100. The lowest BCUT2D eigenvalue weighted by molar-refractivity contribution is -0.123. The minimum atomic E-state index is -0.191. The number of ether oxygens (including phenoxy) is 1. The van der Waals surface area contributed by atoms with Gasteiger partial charge in [0, 0.05) is 30.7 Å². The SMILES string of the molecule is COc1ccc(NC(=O)N2CC(N3CCC(C(N)=O)CC3)C2)cc1. The molecule has 0 bridgehead atoms. The Morgan fingerprint density at radius 2 is 1.79 bits per heavy atom. The number of carbonyl (C=O) groups excluding carboxylic acids is 2. The molecule has 0 aromatic heterocycles. The van der Waals surface area contributed by atoms with Crippen molar-refractivity contribution >= 4 is 17.6 Å². The molecule has 3 amide bonds. The van der Waals surface area contributed by atoms with E-state index in [2.05, 4.69) is 10.2 Å². The molecule has 2 fully saturated rings. The molecule has 0 atom stereocenters. The van der Waals surface area contributed by atoms with Gasteiger partial charge in [-0.25, -0.2) is 4.79 Å². The molecule has 1 aromatic rings. The van der Waals surface area contributed by atoms with E-state index < -0.39 is 0 Å². The Hall–Kier alpha value is -2.28. The summed E-state index contributed by atoms with van der Waals surface area (Å²) in [6.07, 6.45) is 1.65. The van der Waals surface area contributed by atoms with Crippen molar-refractivity contribution in [3.05, 3.63) is 24.3 Å². The molecular weight excluding hydrogens is 308 g/mol. The quantitative estimate of drug-likeness (QED) is 0.864. The largest absolute Gasteiger partial charge is 0.497 e. The van der Waals surface area contributed by atoms with Crippen LogP contribution in [0.3, 0.4) is 0 Å². The Kier molecular flexibility index (Phi) is 4.89. The molecule has 0 spiro atoms. The number of primary amides is 1. The maximum atomic E-state index is 12.2. The summed E-state index contributed by atoms with van der Waals surface area (Å²) in [6.45, 7) is 3.21. The van der Waals surface area contributed by atoms with Gasteiger partial charge in [-0.3, -0.25) is 9.69 Å². The van der Waals surface area contributed by atoms with E-state index in [1.54, 1.807) is 12.0 Å². The molecular formula is C17H24N4O3. The summed E-state index contributed by atoms with van der Waals surface area (Å²) in [5, 5.41) is 2.89. The smallest absolute Gasteiger partial charge is 0.321 e. The number of piperidine rings is 1. The number of methoxy groups -OCH3 is 1. The van der Waals surface area contributed by atoms with Gasteiger partial charge in [0.2, 0.25) is 5.91 Å². The van der Waals surface area contributed by atoms with E-state index in [4.69, 9.17) is 10.5 Å². The zero-order valence-electron chi connectivity index (χ0n) is 13.9. The van der Waals surface area contributed by atoms with E-state index in [0.717, 1.165) is 50.5 Å². The predicted octanol–water partition coefficient (Wildman–Crippen LogP) is 1.11. The lowest BCUT2D eigenvalue weighted by Crippen LogP contribution is -2.63. The topological polar surface area (TPSA) is 87.9 Å². The first-order valence-electron chi connectivity index (χ1n) is 8.30. The standard InChI is InChI=1S/C17H24N4O3/c1-24-15-4-2-13(3-5-15)19-17(23)21-10-14(11-21)20-8-6-12(7-9-20)16(18)22/h2-5,12,14H,6-11H2,1H3,(H2,18,22)(H,19,23). The first-order valence-corrected chi connectivity index (χ1v) is 8.30. The maximum Gasteiger partial charge on any atom is 0.321 e. The Bertz CT molecular complexity index is 590. The molecule has 2 saturated heterocycles. The molecule has 0 saturated carbocycles. The first kappa shape index (κ1) is 16.6. The van der Waals surface area contributed by atoms with Gasteiger partial charge in [0.1, 0.15) is 5.75 Å². The highest BCUT2D eigenvalue weighted by molar-refractivity contribution is 5.90. The molecule has 2 aliphatic rings. The summed E-state index contributed by atoms with van der Waals surface area (Å²) in [4.78, 5) is 27.6. The van der Waals surface area contributed by atoms with Crippen molar-refractivity contribution < 1.29 is 14.3 Å². The van der Waals surface area contributed by atoms with Gasteiger partial charge in [-0.2, -0.15) is 0 Å². The van der Waals surface area contributed by atoms with Crippen LogP contribution in [0.5, 0.6) is 5.75 Å². The van der Waals surface area contributed by atoms with Gasteiger partial charge in [-0.1, -0.05) is 0 Å². The maximum absolute atomic E-state index is 12.2. The van der Waals surface area contributed by atoms with E-state index in [1.807, 2.05) is 24.3 Å². The van der Waals surface area contributed by atoms with Crippen molar-refractivity contribution in [2.75, 3.05) is 38.6 Å². The van der Waals surface area contributed by atoms with E-state index in [-0.39, 0.29) is 17.9 Å². The zero-order valence-corrected chi connectivity index (χ0v) is 13.9. The van der Waals surface area contributed by atoms with Crippen molar-refractivity contribution in [2.45, 2.75) is 18.9 Å². The van der Waals surface area contributed by atoms with Crippen LogP contribution in [0, 0.1) is 5.92 Å². The van der Waals surface area contributed by atoms with Crippen LogP contribution in [-0.4, -0.2) is 61.1 Å². The summed E-state index contributed by atoms with van der Waals surface area (Å²) in [7, 11) is 1.61. The molecule has 0 unspecified atom stereocenters. The van der Waals surface area contributed by atoms with Crippen LogP contribution in [0.2, 0.25) is 0 Å². The number of urea groups is 1. The number of carbonyl (C=O) groups is 2. The van der Waals surface area contributed by atoms with Crippen LogP contribution < -0.4 is 15.8 Å². The second-order valence-corrected chi connectivity index (χ2v) is 6.43. The highest BCUT2D eigenvalue weighted by Gasteiger charge is 2.37. The fraction of sp³-hybridized carbons (Fsp3) is 0.529. The van der Waals surface area contributed by atoms with E-state index in [9.17, 15) is 9.59 Å². The van der Waals surface area contributed by atoms with Gasteiger partial charge >= 0.3 is 6.03 Å². The first-order chi connectivity index (χ1) is 11.6. The third kappa shape index (κ3) is 3.62. The normalized spacial score (nSPS) is 19.6. The number of benzene rings is 1. The Labute approximate surface area is 141 Å². The van der Waals surface area contributed by atoms with Crippen molar-refractivity contribution in [3.63, 3.8) is 0 Å². The van der Waals surface area contributed by atoms with Gasteiger partial charge in [0.05, 0.1) is 7.11 Å². The average molecular weight is 332 g/mol. The minimum Gasteiger partial charge on any atom is -0.497 e. The number of anilines is 1. The summed E-state index contributed by atoms with van der Waals surface area (Å²) >= 11 is 0. The molecule has 0 aliphatic carbocycles. The number of amides is 3. The van der Waals surface area contributed by atoms with Crippen molar-refractivity contribution in [1.82, 2.24) is 9.80 Å². The van der Waals surface area contributed by atoms with Gasteiger partial charge in [-0.15, -0.1) is 0 Å². The van der Waals surface area contributed by atoms with Crippen LogP contribution in [0.15, 0.2) is 24.3 Å². The molecule has 1 aromatic carbocycles. The molecule has 7 heteroatoms. The van der Waals surface area contributed by atoms with Gasteiger partial charge in [0.15, 0.2) is 0 Å². The molecule has 2 heterocycles. The summed E-state index contributed by atoms with van der Waals surface area (Å²) in [5.41, 5.74) is 6.12.